The van der Waals surface area contributed by atoms with Gasteiger partial charge in [0.05, 0.1) is 10.6 Å². The van der Waals surface area contributed by atoms with Gasteiger partial charge in [0.25, 0.3) is 0 Å². The zero-order valence-electron chi connectivity index (χ0n) is 11.3. The fourth-order valence-electron chi connectivity index (χ4n) is 2.24. The molecule has 1 aliphatic rings. The summed E-state index contributed by atoms with van der Waals surface area (Å²) in [5.74, 6) is -0.552. The van der Waals surface area contributed by atoms with Gasteiger partial charge in [0.15, 0.2) is 9.84 Å². The van der Waals surface area contributed by atoms with Gasteiger partial charge in [0.2, 0.25) is 5.91 Å². The van der Waals surface area contributed by atoms with Crippen molar-refractivity contribution in [2.45, 2.75) is 11.3 Å². The van der Waals surface area contributed by atoms with E-state index in [1.165, 1.54) is 23.1 Å². The van der Waals surface area contributed by atoms with Crippen LogP contribution in [0.3, 0.4) is 0 Å². The molecule has 0 radical (unpaired) electrons. The molecule has 1 N–H and O–H groups in total. The maximum Gasteiger partial charge on any atom is 0.227 e. The van der Waals surface area contributed by atoms with E-state index in [1.807, 2.05) is 0 Å². The van der Waals surface area contributed by atoms with Crippen molar-refractivity contribution in [3.05, 3.63) is 28.6 Å². The molecule has 0 aliphatic carbocycles. The molecule has 1 saturated heterocycles. The zero-order chi connectivity index (χ0) is 15.6. The predicted molar refractivity (Wildman–Crippen MR) is 75.7 cm³/mol. The lowest BCUT2D eigenvalue weighted by atomic mass is 10.1. The quantitative estimate of drug-likeness (QED) is 0.513. The number of rotatable bonds is 4. The number of benzene rings is 1. The summed E-state index contributed by atoms with van der Waals surface area (Å²) in [6.07, 6.45) is 1.25. The third-order valence-electron chi connectivity index (χ3n) is 3.27. The van der Waals surface area contributed by atoms with Gasteiger partial charge < -0.3 is 10.0 Å². The number of carbonyl (C=O) groups excluding carboxylic acids is 1. The highest BCUT2D eigenvalue weighted by Crippen LogP contribution is 2.34. The highest BCUT2D eigenvalue weighted by molar-refractivity contribution is 7.90. The van der Waals surface area contributed by atoms with Crippen molar-refractivity contribution in [2.75, 3.05) is 24.2 Å². The standard InChI is InChI=1S/C12H14N4O4S/c1-21(19,20)9-2-3-11(17)10(5-9)16-7-8(4-12(16)18)6-14-15-13/h2-3,5,8,17H,4,6-7H2,1H3. The van der Waals surface area contributed by atoms with Gasteiger partial charge in [-0.15, -0.1) is 0 Å². The Morgan fingerprint density at radius 1 is 1.52 bits per heavy atom. The largest absolute Gasteiger partial charge is 0.506 e. The number of phenols is 1. The minimum Gasteiger partial charge on any atom is -0.506 e. The lowest BCUT2D eigenvalue weighted by Crippen LogP contribution is -2.25. The van der Waals surface area contributed by atoms with E-state index in [9.17, 15) is 18.3 Å². The Hall–Kier alpha value is -2.25. The fraction of sp³-hybridized carbons (Fsp3) is 0.417. The number of hydrogen-bond acceptors (Lipinski definition) is 5. The Bertz CT molecular complexity index is 725. The van der Waals surface area contributed by atoms with Crippen molar-refractivity contribution in [2.24, 2.45) is 11.0 Å². The zero-order valence-corrected chi connectivity index (χ0v) is 12.1. The number of hydrogen-bond donors (Lipinski definition) is 1. The van der Waals surface area contributed by atoms with Crippen LogP contribution in [0.15, 0.2) is 28.2 Å². The number of carbonyl (C=O) groups is 1. The van der Waals surface area contributed by atoms with Crippen molar-refractivity contribution < 1.29 is 18.3 Å². The van der Waals surface area contributed by atoms with E-state index in [-0.39, 0.29) is 47.7 Å². The van der Waals surface area contributed by atoms with E-state index in [2.05, 4.69) is 10.0 Å². The summed E-state index contributed by atoms with van der Waals surface area (Å²) < 4.78 is 23.1. The second-order valence-corrected chi connectivity index (χ2v) is 6.93. The molecule has 0 saturated carbocycles. The SMILES string of the molecule is CS(=O)(=O)c1ccc(O)c(N2CC(CN=[N+]=[N-])CC2=O)c1. The van der Waals surface area contributed by atoms with E-state index >= 15 is 0 Å². The summed E-state index contributed by atoms with van der Waals surface area (Å²) in [6.45, 7) is 0.462. The summed E-state index contributed by atoms with van der Waals surface area (Å²) >= 11 is 0. The molecular formula is C12H14N4O4S. The van der Waals surface area contributed by atoms with Gasteiger partial charge in [-0.3, -0.25) is 4.79 Å². The molecule has 0 spiro atoms. The van der Waals surface area contributed by atoms with E-state index in [0.29, 0.717) is 0 Å². The molecule has 21 heavy (non-hydrogen) atoms. The number of anilines is 1. The van der Waals surface area contributed by atoms with Crippen molar-refractivity contribution in [1.29, 1.82) is 0 Å². The minimum absolute atomic E-state index is 0.0293. The molecular weight excluding hydrogens is 296 g/mol. The molecule has 0 bridgehead atoms. The van der Waals surface area contributed by atoms with Crippen LogP contribution >= 0.6 is 0 Å². The molecule has 2 rings (SSSR count). The average Bonchev–Trinajstić information content (AvgIpc) is 2.76. The molecule has 1 amide bonds. The lowest BCUT2D eigenvalue weighted by Gasteiger charge is -2.18. The molecule has 1 fully saturated rings. The normalized spacial score (nSPS) is 18.6. The molecule has 9 heteroatoms. The summed E-state index contributed by atoms with van der Waals surface area (Å²) in [6, 6.07) is 3.81. The van der Waals surface area contributed by atoms with E-state index in [4.69, 9.17) is 5.53 Å². The van der Waals surface area contributed by atoms with Crippen LogP contribution in [-0.4, -0.2) is 38.8 Å². The first-order valence-electron chi connectivity index (χ1n) is 6.17. The van der Waals surface area contributed by atoms with Crippen molar-refractivity contribution in [3.8, 4) is 5.75 Å². The van der Waals surface area contributed by atoms with Gasteiger partial charge in [-0.05, 0) is 29.6 Å². The van der Waals surface area contributed by atoms with Gasteiger partial charge >= 0.3 is 0 Å². The molecule has 1 aromatic rings. The van der Waals surface area contributed by atoms with Crippen LogP contribution < -0.4 is 4.90 Å². The van der Waals surface area contributed by atoms with Crippen molar-refractivity contribution in [3.63, 3.8) is 0 Å². The number of aromatic hydroxyl groups is 1. The van der Waals surface area contributed by atoms with Crippen LogP contribution in [-0.2, 0) is 14.6 Å². The maximum atomic E-state index is 12.0. The number of azide groups is 1. The minimum atomic E-state index is -3.43. The van der Waals surface area contributed by atoms with Crippen molar-refractivity contribution >= 4 is 21.4 Å². The first-order valence-corrected chi connectivity index (χ1v) is 8.06. The molecule has 1 atom stereocenters. The monoisotopic (exact) mass is 310 g/mol. The highest BCUT2D eigenvalue weighted by atomic mass is 32.2. The predicted octanol–water partition coefficient (Wildman–Crippen LogP) is 1.46. The topological polar surface area (TPSA) is 123 Å². The first-order chi connectivity index (χ1) is 9.82. The Morgan fingerprint density at radius 3 is 2.86 bits per heavy atom. The van der Waals surface area contributed by atoms with Gasteiger partial charge in [0.1, 0.15) is 5.75 Å². The second kappa shape index (κ2) is 5.63. The summed E-state index contributed by atoms with van der Waals surface area (Å²) in [5.41, 5.74) is 8.46. The molecule has 8 nitrogen and oxygen atoms in total. The van der Waals surface area contributed by atoms with Crippen LogP contribution in [0.1, 0.15) is 6.42 Å². The van der Waals surface area contributed by atoms with E-state index in [0.717, 1.165) is 6.26 Å². The summed E-state index contributed by atoms with van der Waals surface area (Å²) in [7, 11) is -3.43. The van der Waals surface area contributed by atoms with Gasteiger partial charge in [-0.1, -0.05) is 5.11 Å². The Kier molecular flexibility index (Phi) is 4.06. The number of sulfone groups is 1. The van der Waals surface area contributed by atoms with Crippen LogP contribution in [0.4, 0.5) is 5.69 Å². The first kappa shape index (κ1) is 15.1. The van der Waals surface area contributed by atoms with E-state index < -0.39 is 9.84 Å². The fourth-order valence-corrected chi connectivity index (χ4v) is 2.88. The van der Waals surface area contributed by atoms with Crippen LogP contribution in [0.25, 0.3) is 10.4 Å². The number of nitrogens with zero attached hydrogens (tertiary/aromatic N) is 4. The molecule has 1 aromatic carbocycles. The third kappa shape index (κ3) is 3.26. The Labute approximate surface area is 121 Å². The third-order valence-corrected chi connectivity index (χ3v) is 4.38. The van der Waals surface area contributed by atoms with Crippen LogP contribution in [0, 0.1) is 5.92 Å². The summed E-state index contributed by atoms with van der Waals surface area (Å²) in [4.78, 5) is 16.0. The second-order valence-electron chi connectivity index (χ2n) is 4.91. The summed E-state index contributed by atoms with van der Waals surface area (Å²) in [5, 5.41) is 13.3. The lowest BCUT2D eigenvalue weighted by molar-refractivity contribution is -0.117. The number of phenolic OH excluding ortho intramolecular Hbond substituents is 1. The van der Waals surface area contributed by atoms with Gasteiger partial charge in [-0.2, -0.15) is 0 Å². The highest BCUT2D eigenvalue weighted by Gasteiger charge is 2.32. The Morgan fingerprint density at radius 2 is 2.24 bits per heavy atom. The van der Waals surface area contributed by atoms with Gasteiger partial charge in [-0.25, -0.2) is 8.42 Å². The van der Waals surface area contributed by atoms with E-state index in [1.54, 1.807) is 0 Å². The molecule has 1 heterocycles. The smallest absolute Gasteiger partial charge is 0.227 e. The van der Waals surface area contributed by atoms with Gasteiger partial charge in [0, 0.05) is 30.7 Å². The molecule has 1 unspecified atom stereocenters. The van der Waals surface area contributed by atoms with Crippen LogP contribution in [0.5, 0.6) is 5.75 Å². The molecule has 112 valence electrons. The number of amides is 1. The molecule has 1 aliphatic heterocycles. The molecule has 0 aromatic heterocycles. The Balaban J connectivity index is 2.33. The van der Waals surface area contributed by atoms with Crippen LogP contribution in [0.2, 0.25) is 0 Å². The average molecular weight is 310 g/mol. The van der Waals surface area contributed by atoms with Crippen molar-refractivity contribution in [1.82, 2.24) is 0 Å². The maximum absolute atomic E-state index is 12.0.